The number of likely N-dealkylation sites (N-methyl/N-ethyl adjacent to an activating group) is 1. The minimum Gasteiger partial charge on any atom is -0.368 e. The molecular weight excluding hydrogens is 292 g/mol. The molecule has 3 heterocycles. The maximum absolute atomic E-state index is 12.6. The molecule has 1 unspecified atom stereocenters. The van der Waals surface area contributed by atoms with Gasteiger partial charge in [0.15, 0.2) is 0 Å². The summed E-state index contributed by atoms with van der Waals surface area (Å²) in [4.78, 5) is 10.4. The number of rotatable bonds is 4. The van der Waals surface area contributed by atoms with Crippen molar-refractivity contribution >= 4 is 11.8 Å². The van der Waals surface area contributed by atoms with Crippen molar-refractivity contribution in [1.29, 1.82) is 0 Å². The second-order valence-electron chi connectivity index (χ2n) is 5.20. The lowest BCUT2D eigenvalue weighted by molar-refractivity contribution is 0.146. The van der Waals surface area contributed by atoms with Crippen molar-refractivity contribution in [3.63, 3.8) is 0 Å². The van der Waals surface area contributed by atoms with Crippen LogP contribution in [0.3, 0.4) is 0 Å². The largest absolute Gasteiger partial charge is 0.368 e. The van der Waals surface area contributed by atoms with Crippen molar-refractivity contribution in [2.45, 2.75) is 18.9 Å². The summed E-state index contributed by atoms with van der Waals surface area (Å²) in [5.74, 6) is 0.794. The van der Waals surface area contributed by atoms with E-state index in [-0.39, 0.29) is 11.6 Å². The number of nitrogens with two attached hydrogens (primary N) is 1. The van der Waals surface area contributed by atoms with E-state index in [1.165, 1.54) is 6.07 Å². The van der Waals surface area contributed by atoms with Crippen LogP contribution in [0.5, 0.6) is 0 Å². The van der Waals surface area contributed by atoms with Gasteiger partial charge < -0.3 is 16.0 Å². The molecule has 1 atom stereocenters. The zero-order valence-corrected chi connectivity index (χ0v) is 12.1. The van der Waals surface area contributed by atoms with E-state index in [1.807, 2.05) is 7.05 Å². The van der Waals surface area contributed by atoms with Crippen LogP contribution in [0.4, 0.5) is 20.5 Å². The van der Waals surface area contributed by atoms with Crippen molar-refractivity contribution in [2.24, 2.45) is 0 Å². The molecule has 0 saturated carbocycles. The van der Waals surface area contributed by atoms with E-state index in [0.717, 1.165) is 19.5 Å². The van der Waals surface area contributed by atoms with E-state index in [4.69, 9.17) is 5.73 Å². The highest BCUT2D eigenvalue weighted by atomic mass is 19.3. The van der Waals surface area contributed by atoms with Gasteiger partial charge in [0, 0.05) is 25.2 Å². The number of hydrogen-bond acceptors (Lipinski definition) is 6. The van der Waals surface area contributed by atoms with Gasteiger partial charge in [-0.15, -0.1) is 0 Å². The summed E-state index contributed by atoms with van der Waals surface area (Å²) in [6.45, 7) is 1.67. The molecule has 0 radical (unpaired) electrons. The summed E-state index contributed by atoms with van der Waals surface area (Å²) in [5, 5.41) is 9.36. The van der Waals surface area contributed by atoms with Crippen LogP contribution in [0.25, 0.3) is 11.4 Å². The summed E-state index contributed by atoms with van der Waals surface area (Å²) in [6, 6.07) is 3.41. The van der Waals surface area contributed by atoms with E-state index in [0.29, 0.717) is 23.2 Å². The van der Waals surface area contributed by atoms with E-state index >= 15 is 0 Å². The van der Waals surface area contributed by atoms with Crippen LogP contribution in [0.2, 0.25) is 0 Å². The summed E-state index contributed by atoms with van der Waals surface area (Å²) in [6.07, 6.45) is -1.62. The molecule has 1 fully saturated rings. The molecule has 1 aliphatic heterocycles. The first-order chi connectivity index (χ1) is 10.6. The molecule has 2 aromatic rings. The molecule has 1 aliphatic rings. The number of nitrogen functional groups attached to an aromatic ring is 1. The van der Waals surface area contributed by atoms with Crippen molar-refractivity contribution in [3.05, 3.63) is 17.8 Å². The Bertz CT molecular complexity index is 658. The van der Waals surface area contributed by atoms with E-state index in [2.05, 4.69) is 30.4 Å². The Hall–Kier alpha value is -2.29. The normalized spacial score (nSPS) is 18.4. The second kappa shape index (κ2) is 5.84. The Balaban J connectivity index is 1.89. The van der Waals surface area contributed by atoms with Gasteiger partial charge in [0.2, 0.25) is 5.95 Å². The third kappa shape index (κ3) is 2.84. The molecule has 4 N–H and O–H groups in total. The molecule has 0 spiro atoms. The average Bonchev–Trinajstić information content (AvgIpc) is 3.16. The van der Waals surface area contributed by atoms with Gasteiger partial charge in [-0.3, -0.25) is 5.10 Å². The van der Waals surface area contributed by atoms with Gasteiger partial charge in [0.1, 0.15) is 11.5 Å². The Morgan fingerprint density at radius 3 is 2.86 bits per heavy atom. The third-order valence-corrected chi connectivity index (χ3v) is 3.75. The van der Waals surface area contributed by atoms with E-state index < -0.39 is 6.43 Å². The van der Waals surface area contributed by atoms with Gasteiger partial charge in [-0.25, -0.2) is 13.8 Å². The molecule has 9 heteroatoms. The summed E-state index contributed by atoms with van der Waals surface area (Å²) >= 11 is 0. The Morgan fingerprint density at radius 1 is 1.41 bits per heavy atom. The zero-order valence-electron chi connectivity index (χ0n) is 12.1. The lowest BCUT2D eigenvalue weighted by atomic mass is 10.2. The highest BCUT2D eigenvalue weighted by Gasteiger charge is 2.23. The molecule has 7 nitrogen and oxygen atoms in total. The number of nitrogens with zero attached hydrogens (tertiary/aromatic N) is 4. The number of nitrogens with one attached hydrogen (secondary N) is 2. The van der Waals surface area contributed by atoms with Gasteiger partial charge >= 0.3 is 0 Å². The molecule has 0 aliphatic carbocycles. The molecule has 1 saturated heterocycles. The van der Waals surface area contributed by atoms with Crippen molar-refractivity contribution in [2.75, 3.05) is 30.8 Å². The Morgan fingerprint density at radius 2 is 2.23 bits per heavy atom. The third-order valence-electron chi connectivity index (χ3n) is 3.75. The molecule has 0 amide bonds. The fourth-order valence-electron chi connectivity index (χ4n) is 2.54. The minimum absolute atomic E-state index is 0.105. The van der Waals surface area contributed by atoms with Crippen LogP contribution in [-0.4, -0.2) is 46.3 Å². The van der Waals surface area contributed by atoms with Crippen LogP contribution in [0, 0.1) is 0 Å². The molecule has 22 heavy (non-hydrogen) atoms. The van der Waals surface area contributed by atoms with Gasteiger partial charge in [-0.05, 0) is 19.5 Å². The fourth-order valence-corrected chi connectivity index (χ4v) is 2.54. The van der Waals surface area contributed by atoms with E-state index in [1.54, 1.807) is 6.07 Å². The molecule has 0 aromatic carbocycles. The number of halogens is 2. The van der Waals surface area contributed by atoms with E-state index in [9.17, 15) is 8.78 Å². The minimum atomic E-state index is -2.63. The Labute approximate surface area is 125 Å². The number of anilines is 2. The number of aromatic nitrogens is 4. The first-order valence-electron chi connectivity index (χ1n) is 6.97. The standard InChI is InChI=1S/C13H17F2N7/c1-17-7-2-3-22(6-7)11-5-8(18-13(16)19-11)9-4-10(12(14)15)21-20-9/h4-5,7,12,17H,2-3,6H2,1H3,(H,20,21)(H2,16,18,19). The predicted molar refractivity (Wildman–Crippen MR) is 78.7 cm³/mol. The van der Waals surface area contributed by atoms with Crippen LogP contribution < -0.4 is 16.0 Å². The number of H-pyrrole nitrogens is 1. The lowest BCUT2D eigenvalue weighted by Gasteiger charge is -2.18. The van der Waals surface area contributed by atoms with Crippen LogP contribution in [0.15, 0.2) is 12.1 Å². The monoisotopic (exact) mass is 309 g/mol. The molecule has 0 bridgehead atoms. The van der Waals surface area contributed by atoms with Crippen LogP contribution in [-0.2, 0) is 0 Å². The smallest absolute Gasteiger partial charge is 0.282 e. The fraction of sp³-hybridized carbons (Fsp3) is 0.462. The van der Waals surface area contributed by atoms with Gasteiger partial charge in [0.25, 0.3) is 6.43 Å². The molecule has 3 rings (SSSR count). The number of hydrogen-bond donors (Lipinski definition) is 3. The highest BCUT2D eigenvalue weighted by Crippen LogP contribution is 2.26. The summed E-state index contributed by atoms with van der Waals surface area (Å²) in [7, 11) is 1.92. The van der Waals surface area contributed by atoms with Crippen molar-refractivity contribution < 1.29 is 8.78 Å². The molecule has 2 aromatic heterocycles. The summed E-state index contributed by atoms with van der Waals surface area (Å²) < 4.78 is 25.3. The average molecular weight is 309 g/mol. The van der Waals surface area contributed by atoms with Crippen molar-refractivity contribution in [1.82, 2.24) is 25.5 Å². The van der Waals surface area contributed by atoms with Gasteiger partial charge in [-0.1, -0.05) is 0 Å². The van der Waals surface area contributed by atoms with Crippen LogP contribution in [0.1, 0.15) is 18.5 Å². The maximum atomic E-state index is 12.6. The van der Waals surface area contributed by atoms with Crippen LogP contribution >= 0.6 is 0 Å². The quantitative estimate of drug-likeness (QED) is 0.785. The number of aromatic amines is 1. The zero-order chi connectivity index (χ0) is 15.7. The molecule has 118 valence electrons. The first kappa shape index (κ1) is 14.6. The highest BCUT2D eigenvalue weighted by molar-refractivity contribution is 5.61. The SMILES string of the molecule is CNC1CCN(c2cc(-c3cc(C(F)F)n[nH]3)nc(N)n2)C1. The number of alkyl halides is 2. The van der Waals surface area contributed by atoms with Gasteiger partial charge in [0.05, 0.1) is 11.4 Å². The topological polar surface area (TPSA) is 95.8 Å². The summed E-state index contributed by atoms with van der Waals surface area (Å²) in [5.41, 5.74) is 6.29. The maximum Gasteiger partial charge on any atom is 0.282 e. The molecular formula is C13H17F2N7. The van der Waals surface area contributed by atoms with Crippen molar-refractivity contribution in [3.8, 4) is 11.4 Å². The second-order valence-corrected chi connectivity index (χ2v) is 5.20. The Kier molecular flexibility index (Phi) is 3.88. The first-order valence-corrected chi connectivity index (χ1v) is 6.97. The predicted octanol–water partition coefficient (Wildman–Crippen LogP) is 1.18. The lowest BCUT2D eigenvalue weighted by Crippen LogP contribution is -2.30. The van der Waals surface area contributed by atoms with Gasteiger partial charge in [-0.2, -0.15) is 10.1 Å².